The predicted octanol–water partition coefficient (Wildman–Crippen LogP) is -0.0684. The molecule has 0 rings (SSSR count). The summed E-state index contributed by atoms with van der Waals surface area (Å²) in [5.74, 6) is 0. The highest BCUT2D eigenvalue weighted by molar-refractivity contribution is 5.71. The highest BCUT2D eigenvalue weighted by Gasteiger charge is 2.01. The molecule has 0 unspecified atom stereocenters. The molecular weight excluding hydrogens is 134 g/mol. The van der Waals surface area contributed by atoms with E-state index >= 15 is 0 Å². The fourth-order valence-corrected chi connectivity index (χ4v) is 0.550. The molecule has 5 nitrogen and oxygen atoms in total. The third-order valence-electron chi connectivity index (χ3n) is 1.12. The number of urea groups is 1. The lowest BCUT2D eigenvalue weighted by molar-refractivity contribution is 0.131. The fraction of sp³-hybridized carbons (Fsp3) is 0.800. The van der Waals surface area contributed by atoms with Gasteiger partial charge in [0.25, 0.3) is 0 Å². The molecule has 0 spiro atoms. The van der Waals surface area contributed by atoms with E-state index in [4.69, 9.17) is 5.21 Å². The molecule has 0 saturated heterocycles. The lowest BCUT2D eigenvalue weighted by atomic mass is 10.6. The Labute approximate surface area is 59.9 Å². The van der Waals surface area contributed by atoms with Crippen LogP contribution < -0.4 is 10.9 Å². The van der Waals surface area contributed by atoms with Crippen molar-refractivity contribution >= 4 is 6.03 Å². The Morgan fingerprint density at radius 2 is 2.00 bits per heavy atom. The first kappa shape index (κ1) is 9.19. The van der Waals surface area contributed by atoms with E-state index in [9.17, 15) is 4.79 Å². The number of hydrogen-bond donors (Lipinski definition) is 3. The summed E-state index contributed by atoms with van der Waals surface area (Å²) in [5.41, 5.74) is 3.87. The van der Waals surface area contributed by atoms with Crippen LogP contribution in [0.4, 0.5) is 4.79 Å². The summed E-state index contributed by atoms with van der Waals surface area (Å²) in [5, 5.41) is 9.74. The van der Waals surface area contributed by atoms with Crippen LogP contribution in [-0.4, -0.2) is 29.3 Å². The van der Waals surface area contributed by atoms with E-state index in [0.29, 0.717) is 13.1 Å². The number of hydroxylamine groups is 1. The summed E-state index contributed by atoms with van der Waals surface area (Å²) in [6, 6.07) is -0.608. The van der Waals surface area contributed by atoms with Gasteiger partial charge in [-0.25, -0.2) is 15.3 Å². The number of carbonyl (C=O) groups excluding carboxylic acids is 1. The van der Waals surface area contributed by atoms with Crippen molar-refractivity contribution in [2.45, 2.75) is 13.8 Å². The van der Waals surface area contributed by atoms with Crippen molar-refractivity contribution in [3.05, 3.63) is 0 Å². The van der Waals surface area contributed by atoms with Crippen LogP contribution in [0.5, 0.6) is 0 Å². The third kappa shape index (κ3) is 3.26. The number of hydrogen-bond acceptors (Lipinski definition) is 3. The molecule has 0 aromatic carbocycles. The molecule has 3 N–H and O–H groups in total. The normalized spacial score (nSPS) is 9.60. The Hall–Kier alpha value is -0.810. The summed E-state index contributed by atoms with van der Waals surface area (Å²) in [6.07, 6.45) is 0. The van der Waals surface area contributed by atoms with Gasteiger partial charge in [0.15, 0.2) is 0 Å². The van der Waals surface area contributed by atoms with Gasteiger partial charge in [0.2, 0.25) is 0 Å². The number of carbonyl (C=O) groups is 1. The van der Waals surface area contributed by atoms with Crippen LogP contribution in [0.3, 0.4) is 0 Å². The average molecular weight is 147 g/mol. The minimum atomic E-state index is -0.608. The van der Waals surface area contributed by atoms with Crippen LogP contribution in [0.2, 0.25) is 0 Å². The second-order valence-electron chi connectivity index (χ2n) is 1.73. The summed E-state index contributed by atoms with van der Waals surface area (Å²) >= 11 is 0. The summed E-state index contributed by atoms with van der Waals surface area (Å²) in [7, 11) is 0. The van der Waals surface area contributed by atoms with E-state index in [1.54, 1.807) is 5.01 Å². The highest BCUT2D eigenvalue weighted by atomic mass is 16.5. The molecule has 0 atom stereocenters. The van der Waals surface area contributed by atoms with E-state index in [0.717, 1.165) is 0 Å². The van der Waals surface area contributed by atoms with Crippen LogP contribution in [0, 0.1) is 0 Å². The van der Waals surface area contributed by atoms with Gasteiger partial charge in [-0.2, -0.15) is 0 Å². The van der Waals surface area contributed by atoms with Gasteiger partial charge in [-0.15, -0.1) is 0 Å². The molecular formula is C5H13N3O2. The van der Waals surface area contributed by atoms with Crippen molar-refractivity contribution < 1.29 is 10.0 Å². The average Bonchev–Trinajstić information content (AvgIpc) is 1.99. The Kier molecular flexibility index (Phi) is 4.61. The molecule has 10 heavy (non-hydrogen) atoms. The van der Waals surface area contributed by atoms with Crippen molar-refractivity contribution in [3.63, 3.8) is 0 Å². The van der Waals surface area contributed by atoms with Crippen LogP contribution in [0.1, 0.15) is 13.8 Å². The maximum atomic E-state index is 10.4. The molecule has 0 radical (unpaired) electrons. The summed E-state index contributed by atoms with van der Waals surface area (Å²) in [6.45, 7) is 5.23. The van der Waals surface area contributed by atoms with E-state index in [1.165, 1.54) is 5.48 Å². The summed E-state index contributed by atoms with van der Waals surface area (Å²) in [4.78, 5) is 10.4. The zero-order valence-corrected chi connectivity index (χ0v) is 6.22. The van der Waals surface area contributed by atoms with E-state index in [-0.39, 0.29) is 0 Å². The quantitative estimate of drug-likeness (QED) is 0.387. The Morgan fingerprint density at radius 3 is 2.30 bits per heavy atom. The molecule has 0 aliphatic carbocycles. The van der Waals surface area contributed by atoms with E-state index in [2.05, 4.69) is 5.43 Å². The molecule has 0 bridgehead atoms. The Bertz CT molecular complexity index is 103. The van der Waals surface area contributed by atoms with Crippen LogP contribution in [0.15, 0.2) is 0 Å². The molecule has 0 aliphatic rings. The van der Waals surface area contributed by atoms with Crippen molar-refractivity contribution in [1.82, 2.24) is 15.9 Å². The number of nitrogens with one attached hydrogen (secondary N) is 2. The molecule has 0 aromatic rings. The second-order valence-corrected chi connectivity index (χ2v) is 1.73. The van der Waals surface area contributed by atoms with Gasteiger partial charge in [-0.3, -0.25) is 10.6 Å². The Morgan fingerprint density at radius 1 is 1.50 bits per heavy atom. The molecule has 0 heterocycles. The second kappa shape index (κ2) is 5.01. The molecule has 0 aliphatic heterocycles. The zero-order chi connectivity index (χ0) is 7.98. The van der Waals surface area contributed by atoms with Crippen molar-refractivity contribution in [2.24, 2.45) is 0 Å². The molecule has 60 valence electrons. The number of rotatable bonds is 3. The number of hydrazine groups is 1. The maximum Gasteiger partial charge on any atom is 0.353 e. The van der Waals surface area contributed by atoms with Crippen molar-refractivity contribution in [2.75, 3.05) is 13.1 Å². The predicted molar refractivity (Wildman–Crippen MR) is 36.4 cm³/mol. The first-order chi connectivity index (χ1) is 4.74. The summed E-state index contributed by atoms with van der Waals surface area (Å²) < 4.78 is 0. The minimum absolute atomic E-state index is 0.608. The smallest absolute Gasteiger partial charge is 0.287 e. The fourth-order valence-electron chi connectivity index (χ4n) is 0.550. The van der Waals surface area contributed by atoms with E-state index in [1.807, 2.05) is 13.8 Å². The molecule has 5 heteroatoms. The van der Waals surface area contributed by atoms with Gasteiger partial charge in [-0.05, 0) is 0 Å². The topological polar surface area (TPSA) is 64.6 Å². The van der Waals surface area contributed by atoms with Gasteiger partial charge in [0, 0.05) is 13.1 Å². The van der Waals surface area contributed by atoms with Crippen molar-refractivity contribution in [3.8, 4) is 0 Å². The minimum Gasteiger partial charge on any atom is -0.287 e. The monoisotopic (exact) mass is 147 g/mol. The van der Waals surface area contributed by atoms with Gasteiger partial charge in [0.05, 0.1) is 0 Å². The molecule has 2 amide bonds. The van der Waals surface area contributed by atoms with Gasteiger partial charge >= 0.3 is 6.03 Å². The van der Waals surface area contributed by atoms with Crippen LogP contribution in [-0.2, 0) is 0 Å². The van der Waals surface area contributed by atoms with E-state index < -0.39 is 6.03 Å². The third-order valence-corrected chi connectivity index (χ3v) is 1.12. The van der Waals surface area contributed by atoms with Gasteiger partial charge < -0.3 is 0 Å². The standard InChI is InChI=1S/C5H13N3O2/c1-3-8(4-2)6-5(9)7-10/h10H,3-4H2,1-2H3,(H2,6,7,9). The lowest BCUT2D eigenvalue weighted by Gasteiger charge is -2.17. The molecule has 0 saturated carbocycles. The first-order valence-electron chi connectivity index (χ1n) is 3.20. The lowest BCUT2D eigenvalue weighted by Crippen LogP contribution is -2.46. The maximum absolute atomic E-state index is 10.4. The van der Waals surface area contributed by atoms with Crippen molar-refractivity contribution in [1.29, 1.82) is 0 Å². The molecule has 0 fully saturated rings. The molecule has 0 aromatic heterocycles. The number of nitrogens with zero attached hydrogens (tertiary/aromatic N) is 1. The van der Waals surface area contributed by atoms with Gasteiger partial charge in [0.1, 0.15) is 0 Å². The van der Waals surface area contributed by atoms with Crippen LogP contribution >= 0.6 is 0 Å². The Balaban J connectivity index is 3.52. The number of amides is 2. The SMILES string of the molecule is CCN(CC)NC(=O)NO. The van der Waals surface area contributed by atoms with Crippen LogP contribution in [0.25, 0.3) is 0 Å². The highest BCUT2D eigenvalue weighted by Crippen LogP contribution is 1.78. The zero-order valence-electron chi connectivity index (χ0n) is 6.22. The first-order valence-corrected chi connectivity index (χ1v) is 3.20. The van der Waals surface area contributed by atoms with Gasteiger partial charge in [-0.1, -0.05) is 13.8 Å². The largest absolute Gasteiger partial charge is 0.353 e.